The number of pyridine rings is 1. The second kappa shape index (κ2) is 2.45. The van der Waals surface area contributed by atoms with Crippen LogP contribution in [0.15, 0.2) is 23.0 Å². The van der Waals surface area contributed by atoms with Crippen LogP contribution in [0.5, 0.6) is 0 Å². The molecule has 2 bridgehead atoms. The van der Waals surface area contributed by atoms with Crippen molar-refractivity contribution in [3.8, 4) is 0 Å². The van der Waals surface area contributed by atoms with Crippen LogP contribution < -0.4 is 10.9 Å². The molecule has 3 heteroatoms. The number of fused-ring (bicyclic) bond motifs is 4. The fourth-order valence-electron chi connectivity index (χ4n) is 2.47. The second-order valence-corrected chi connectivity index (χ2v) is 3.96. The zero-order valence-electron chi connectivity index (χ0n) is 7.36. The molecular formula is C10H12N2O. The molecule has 3 rings (SSSR count). The molecule has 13 heavy (non-hydrogen) atoms. The van der Waals surface area contributed by atoms with E-state index in [0.29, 0.717) is 12.0 Å². The van der Waals surface area contributed by atoms with E-state index in [2.05, 4.69) is 11.4 Å². The molecule has 1 N–H and O–H groups in total. The molecule has 1 aromatic rings. The fourth-order valence-corrected chi connectivity index (χ4v) is 2.47. The molecule has 0 aliphatic carbocycles. The predicted octanol–water partition coefficient (Wildman–Crippen LogP) is 0.512. The Kier molecular flexibility index (Phi) is 1.38. The molecule has 3 heterocycles. The molecular weight excluding hydrogens is 164 g/mol. The summed E-state index contributed by atoms with van der Waals surface area (Å²) in [6.45, 7) is 1.96. The van der Waals surface area contributed by atoms with Gasteiger partial charge < -0.3 is 9.88 Å². The van der Waals surface area contributed by atoms with Crippen LogP contribution in [0.1, 0.15) is 18.2 Å². The summed E-state index contributed by atoms with van der Waals surface area (Å²) in [7, 11) is 0. The van der Waals surface area contributed by atoms with Crippen LogP contribution in [0.25, 0.3) is 0 Å². The maximum Gasteiger partial charge on any atom is 0.250 e. The SMILES string of the molecule is O=c1cccc2n1C[C@@H]1CN[C@H]2C1. The van der Waals surface area contributed by atoms with Crippen molar-refractivity contribution in [3.05, 3.63) is 34.2 Å². The van der Waals surface area contributed by atoms with Crippen LogP contribution in [0.3, 0.4) is 0 Å². The van der Waals surface area contributed by atoms with E-state index in [4.69, 9.17) is 0 Å². The predicted molar refractivity (Wildman–Crippen MR) is 49.6 cm³/mol. The average molecular weight is 176 g/mol. The topological polar surface area (TPSA) is 34.0 Å². The van der Waals surface area contributed by atoms with Crippen LogP contribution in [-0.4, -0.2) is 11.1 Å². The zero-order valence-corrected chi connectivity index (χ0v) is 7.36. The van der Waals surface area contributed by atoms with Gasteiger partial charge in [0.25, 0.3) is 5.56 Å². The first-order valence-corrected chi connectivity index (χ1v) is 4.78. The van der Waals surface area contributed by atoms with E-state index >= 15 is 0 Å². The van der Waals surface area contributed by atoms with E-state index in [1.807, 2.05) is 10.6 Å². The van der Waals surface area contributed by atoms with Crippen molar-refractivity contribution in [1.29, 1.82) is 0 Å². The Morgan fingerprint density at radius 2 is 2.38 bits per heavy atom. The Labute approximate surface area is 76.4 Å². The molecule has 2 atom stereocenters. The number of hydrogen-bond acceptors (Lipinski definition) is 2. The average Bonchev–Trinajstić information content (AvgIpc) is 2.51. The third kappa shape index (κ3) is 0.968. The highest BCUT2D eigenvalue weighted by Gasteiger charge is 2.32. The van der Waals surface area contributed by atoms with Crippen LogP contribution in [0.2, 0.25) is 0 Å². The molecule has 0 spiro atoms. The van der Waals surface area contributed by atoms with Gasteiger partial charge in [0.2, 0.25) is 0 Å². The molecule has 0 amide bonds. The van der Waals surface area contributed by atoms with Crippen LogP contribution in [0, 0.1) is 5.92 Å². The highest BCUT2D eigenvalue weighted by molar-refractivity contribution is 5.16. The first-order chi connectivity index (χ1) is 6.34. The lowest BCUT2D eigenvalue weighted by molar-refractivity contribution is 0.405. The van der Waals surface area contributed by atoms with E-state index in [1.165, 1.54) is 12.1 Å². The zero-order chi connectivity index (χ0) is 8.84. The third-order valence-corrected chi connectivity index (χ3v) is 3.10. The summed E-state index contributed by atoms with van der Waals surface area (Å²) in [5.74, 6) is 0.664. The van der Waals surface area contributed by atoms with Gasteiger partial charge in [-0.15, -0.1) is 0 Å². The minimum absolute atomic E-state index is 0.149. The van der Waals surface area contributed by atoms with Crippen molar-refractivity contribution in [3.63, 3.8) is 0 Å². The summed E-state index contributed by atoms with van der Waals surface area (Å²) in [4.78, 5) is 11.5. The van der Waals surface area contributed by atoms with Gasteiger partial charge in [0, 0.05) is 30.9 Å². The van der Waals surface area contributed by atoms with E-state index in [-0.39, 0.29) is 5.56 Å². The third-order valence-electron chi connectivity index (χ3n) is 3.10. The van der Waals surface area contributed by atoms with Gasteiger partial charge in [0.1, 0.15) is 0 Å². The standard InChI is InChI=1S/C10H12N2O/c13-10-3-1-2-9-8-4-7(5-11-8)6-12(9)10/h1-3,7-8,11H,4-6H2/t7-,8-/m0/s1. The van der Waals surface area contributed by atoms with Gasteiger partial charge in [-0.1, -0.05) is 6.07 Å². The van der Waals surface area contributed by atoms with Crippen LogP contribution >= 0.6 is 0 Å². The van der Waals surface area contributed by atoms with Crippen molar-refractivity contribution in [2.45, 2.75) is 19.0 Å². The van der Waals surface area contributed by atoms with Gasteiger partial charge in [-0.05, 0) is 18.4 Å². The van der Waals surface area contributed by atoms with Crippen molar-refractivity contribution in [2.75, 3.05) is 6.54 Å². The highest BCUT2D eigenvalue weighted by Crippen LogP contribution is 2.31. The molecule has 1 aromatic heterocycles. The second-order valence-electron chi connectivity index (χ2n) is 3.96. The smallest absolute Gasteiger partial charge is 0.250 e. The Balaban J connectivity index is 2.22. The number of nitrogens with one attached hydrogen (secondary N) is 1. The van der Waals surface area contributed by atoms with Crippen molar-refractivity contribution >= 4 is 0 Å². The van der Waals surface area contributed by atoms with Crippen LogP contribution in [-0.2, 0) is 6.54 Å². The van der Waals surface area contributed by atoms with Crippen molar-refractivity contribution in [2.24, 2.45) is 5.92 Å². The molecule has 0 radical (unpaired) electrons. The quantitative estimate of drug-likeness (QED) is 0.625. The molecule has 0 aromatic carbocycles. The maximum absolute atomic E-state index is 11.5. The summed E-state index contributed by atoms with van der Waals surface area (Å²) in [5, 5.41) is 3.44. The van der Waals surface area contributed by atoms with Gasteiger partial charge in [-0.3, -0.25) is 4.79 Å². The summed E-state index contributed by atoms with van der Waals surface area (Å²) in [5.41, 5.74) is 1.32. The van der Waals surface area contributed by atoms with Crippen LogP contribution in [0.4, 0.5) is 0 Å². The molecule has 2 aliphatic heterocycles. The number of aromatic nitrogens is 1. The molecule has 2 aliphatic rings. The van der Waals surface area contributed by atoms with Gasteiger partial charge >= 0.3 is 0 Å². The lowest BCUT2D eigenvalue weighted by Gasteiger charge is -2.23. The number of hydrogen-bond donors (Lipinski definition) is 1. The molecule has 1 fully saturated rings. The van der Waals surface area contributed by atoms with Crippen molar-refractivity contribution in [1.82, 2.24) is 9.88 Å². The Morgan fingerprint density at radius 1 is 1.46 bits per heavy atom. The fraction of sp³-hybridized carbons (Fsp3) is 0.500. The summed E-state index contributed by atoms with van der Waals surface area (Å²) in [6.07, 6.45) is 1.20. The Morgan fingerprint density at radius 3 is 3.31 bits per heavy atom. The molecule has 0 saturated carbocycles. The minimum Gasteiger partial charge on any atom is -0.311 e. The lowest BCUT2D eigenvalue weighted by atomic mass is 9.98. The molecule has 68 valence electrons. The number of rotatable bonds is 0. The molecule has 3 nitrogen and oxygen atoms in total. The van der Waals surface area contributed by atoms with Crippen molar-refractivity contribution < 1.29 is 0 Å². The summed E-state index contributed by atoms with van der Waals surface area (Å²) in [6, 6.07) is 5.98. The van der Waals surface area contributed by atoms with Gasteiger partial charge in [0.15, 0.2) is 0 Å². The van der Waals surface area contributed by atoms with E-state index in [9.17, 15) is 4.79 Å². The minimum atomic E-state index is 0.149. The Hall–Kier alpha value is -1.09. The normalized spacial score (nSPS) is 30.2. The van der Waals surface area contributed by atoms with Gasteiger partial charge in [0.05, 0.1) is 0 Å². The van der Waals surface area contributed by atoms with E-state index in [0.717, 1.165) is 13.1 Å². The largest absolute Gasteiger partial charge is 0.311 e. The maximum atomic E-state index is 11.5. The molecule has 1 saturated heterocycles. The Bertz CT molecular complexity index is 396. The summed E-state index contributed by atoms with van der Waals surface area (Å²) < 4.78 is 1.92. The van der Waals surface area contributed by atoms with Gasteiger partial charge in [-0.2, -0.15) is 0 Å². The van der Waals surface area contributed by atoms with E-state index < -0.39 is 0 Å². The van der Waals surface area contributed by atoms with Gasteiger partial charge in [-0.25, -0.2) is 0 Å². The number of nitrogens with zero attached hydrogens (tertiary/aromatic N) is 1. The highest BCUT2D eigenvalue weighted by atomic mass is 16.1. The molecule has 0 unspecified atom stereocenters. The summed E-state index contributed by atoms with van der Waals surface area (Å²) >= 11 is 0. The lowest BCUT2D eigenvalue weighted by Crippen LogP contribution is -2.30. The first-order valence-electron chi connectivity index (χ1n) is 4.78. The van der Waals surface area contributed by atoms with E-state index in [1.54, 1.807) is 6.07 Å². The first kappa shape index (κ1) is 7.33. The monoisotopic (exact) mass is 176 g/mol.